The van der Waals surface area contributed by atoms with Crippen molar-refractivity contribution in [3.63, 3.8) is 0 Å². The number of nitrogens with one attached hydrogen (secondary N) is 1. The quantitative estimate of drug-likeness (QED) is 0.230. The Bertz CT molecular complexity index is 1180. The molecule has 4 rings (SSSR count). The number of benzene rings is 2. The molecule has 9 heteroatoms. The second-order valence-electron chi connectivity index (χ2n) is 9.26. The van der Waals surface area contributed by atoms with Gasteiger partial charge in [0.2, 0.25) is 0 Å². The normalized spacial score (nSPS) is 15.7. The molecule has 0 spiro atoms. The van der Waals surface area contributed by atoms with Crippen molar-refractivity contribution in [3.8, 4) is 11.1 Å². The lowest BCUT2D eigenvalue weighted by Gasteiger charge is -2.35. The van der Waals surface area contributed by atoms with E-state index in [-0.39, 0.29) is 18.0 Å². The van der Waals surface area contributed by atoms with Crippen LogP contribution < -0.4 is 10.4 Å². The number of anilines is 1. The lowest BCUT2D eigenvalue weighted by Crippen LogP contribution is -2.43. The van der Waals surface area contributed by atoms with Gasteiger partial charge in [0, 0.05) is 29.6 Å². The van der Waals surface area contributed by atoms with Gasteiger partial charge in [0.25, 0.3) is 0 Å². The number of aromatic nitrogens is 2. The van der Waals surface area contributed by atoms with Crippen molar-refractivity contribution < 1.29 is 13.6 Å². The van der Waals surface area contributed by atoms with E-state index in [9.17, 15) is 8.78 Å². The lowest BCUT2D eigenvalue weighted by molar-refractivity contribution is -0.0128. The van der Waals surface area contributed by atoms with Gasteiger partial charge in [0.05, 0.1) is 18.0 Å². The second kappa shape index (κ2) is 11.4. The molecule has 186 valence electrons. The zero-order valence-corrected chi connectivity index (χ0v) is 20.7. The lowest BCUT2D eigenvalue weighted by atomic mass is 9.93. The molecular weight excluding hydrogens is 472 g/mol. The Morgan fingerprint density at radius 1 is 1.20 bits per heavy atom. The Labute approximate surface area is 209 Å². The third kappa shape index (κ3) is 5.77. The molecule has 3 aromatic rings. The van der Waals surface area contributed by atoms with Crippen LogP contribution in [0.4, 0.5) is 14.6 Å². The van der Waals surface area contributed by atoms with Gasteiger partial charge in [-0.15, -0.1) is 11.6 Å². The molecule has 1 fully saturated rings. The summed E-state index contributed by atoms with van der Waals surface area (Å²) in [6.45, 7) is 9.93. The molecule has 1 aliphatic rings. The van der Waals surface area contributed by atoms with E-state index in [1.54, 1.807) is 12.1 Å². The van der Waals surface area contributed by atoms with Crippen molar-refractivity contribution in [2.75, 3.05) is 24.6 Å². The summed E-state index contributed by atoms with van der Waals surface area (Å²) in [5.74, 6) is 0.560. The van der Waals surface area contributed by atoms with Crippen LogP contribution >= 0.6 is 11.6 Å². The zero-order chi connectivity index (χ0) is 24.9. The number of aliphatic imine (C=N–C) groups is 1. The van der Waals surface area contributed by atoms with Gasteiger partial charge in [-0.2, -0.15) is 5.48 Å². The maximum absolute atomic E-state index is 14.7. The first-order chi connectivity index (χ1) is 16.9. The van der Waals surface area contributed by atoms with E-state index in [1.165, 1.54) is 24.5 Å². The summed E-state index contributed by atoms with van der Waals surface area (Å²) in [6.07, 6.45) is 2.98. The van der Waals surface area contributed by atoms with Crippen molar-refractivity contribution in [3.05, 3.63) is 53.9 Å². The van der Waals surface area contributed by atoms with Crippen LogP contribution in [0.2, 0.25) is 0 Å². The number of hydrogen-bond acceptors (Lipinski definition) is 6. The van der Waals surface area contributed by atoms with Crippen LogP contribution in [0.1, 0.15) is 32.3 Å². The third-order valence-electron chi connectivity index (χ3n) is 6.29. The summed E-state index contributed by atoms with van der Waals surface area (Å²) in [7, 11) is 0. The zero-order valence-electron chi connectivity index (χ0n) is 20.0. The highest BCUT2D eigenvalue weighted by Gasteiger charge is 2.28. The Hall–Kier alpha value is -2.68. The van der Waals surface area contributed by atoms with E-state index in [2.05, 4.69) is 45.9 Å². The number of halogens is 3. The molecule has 0 radical (unpaired) electrons. The Balaban J connectivity index is 1.57. The number of piperidine rings is 1. The number of hydroxylamine groups is 1. The van der Waals surface area contributed by atoms with Crippen LogP contribution in [-0.4, -0.2) is 42.5 Å². The largest absolute Gasteiger partial charge is 0.356 e. The predicted octanol–water partition coefficient (Wildman–Crippen LogP) is 5.73. The van der Waals surface area contributed by atoms with Gasteiger partial charge in [0.1, 0.15) is 29.9 Å². The fourth-order valence-corrected chi connectivity index (χ4v) is 4.64. The standard InChI is InChI=1S/C26H30ClF2N5O/c1-16(2)14-35-33-25(30-3)17-6-8-34(9-7-17)26-22-12-20(28)11-21(24(22)31-15-32-26)18-4-5-19(13-27)23(29)10-18/h4-5,10-12,15-17,25,33H,3,6-9,13-14H2,1-2H3. The minimum absolute atomic E-state index is 0.0693. The van der Waals surface area contributed by atoms with Gasteiger partial charge < -0.3 is 4.90 Å². The molecular formula is C26H30ClF2N5O. The van der Waals surface area contributed by atoms with Crippen LogP contribution in [0.15, 0.2) is 41.7 Å². The molecule has 1 saturated heterocycles. The van der Waals surface area contributed by atoms with E-state index < -0.39 is 11.6 Å². The molecule has 1 unspecified atom stereocenters. The van der Waals surface area contributed by atoms with Gasteiger partial charge in [-0.25, -0.2) is 18.7 Å². The Kier molecular flexibility index (Phi) is 8.26. The minimum Gasteiger partial charge on any atom is -0.356 e. The van der Waals surface area contributed by atoms with Crippen LogP contribution in [0, 0.1) is 23.5 Å². The molecule has 1 N–H and O–H groups in total. The van der Waals surface area contributed by atoms with Crippen molar-refractivity contribution in [1.82, 2.24) is 15.4 Å². The topological polar surface area (TPSA) is 62.6 Å². The van der Waals surface area contributed by atoms with Gasteiger partial charge in [0.15, 0.2) is 0 Å². The van der Waals surface area contributed by atoms with Crippen LogP contribution in [-0.2, 0) is 10.7 Å². The number of hydrogen-bond donors (Lipinski definition) is 1. The minimum atomic E-state index is -0.428. The molecule has 35 heavy (non-hydrogen) atoms. The molecule has 1 aromatic heterocycles. The van der Waals surface area contributed by atoms with Gasteiger partial charge >= 0.3 is 0 Å². The van der Waals surface area contributed by atoms with Crippen LogP contribution in [0.25, 0.3) is 22.0 Å². The van der Waals surface area contributed by atoms with Gasteiger partial charge in [-0.05, 0) is 55.2 Å². The molecule has 1 aliphatic heterocycles. The van der Waals surface area contributed by atoms with Crippen molar-refractivity contribution in [1.29, 1.82) is 0 Å². The number of rotatable bonds is 9. The maximum atomic E-state index is 14.7. The summed E-state index contributed by atoms with van der Waals surface area (Å²) < 4.78 is 29.1. The van der Waals surface area contributed by atoms with E-state index >= 15 is 0 Å². The molecule has 0 bridgehead atoms. The fraction of sp³-hybridized carbons (Fsp3) is 0.423. The summed E-state index contributed by atoms with van der Waals surface area (Å²) >= 11 is 5.79. The molecule has 6 nitrogen and oxygen atoms in total. The first-order valence-electron chi connectivity index (χ1n) is 11.8. The molecule has 0 aliphatic carbocycles. The highest BCUT2D eigenvalue weighted by Crippen LogP contribution is 2.35. The smallest absolute Gasteiger partial charge is 0.140 e. The first-order valence-corrected chi connectivity index (χ1v) is 12.3. The first kappa shape index (κ1) is 25.4. The van der Waals surface area contributed by atoms with Crippen LogP contribution in [0.3, 0.4) is 0 Å². The monoisotopic (exact) mass is 501 g/mol. The highest BCUT2D eigenvalue weighted by atomic mass is 35.5. The van der Waals surface area contributed by atoms with Crippen molar-refractivity contribution >= 4 is 35.0 Å². The van der Waals surface area contributed by atoms with E-state index in [0.717, 1.165) is 25.9 Å². The van der Waals surface area contributed by atoms with Gasteiger partial charge in [-0.1, -0.05) is 26.0 Å². The summed E-state index contributed by atoms with van der Waals surface area (Å²) in [4.78, 5) is 20.8. The van der Waals surface area contributed by atoms with Gasteiger partial charge in [-0.3, -0.25) is 9.83 Å². The molecule has 0 amide bonds. The predicted molar refractivity (Wildman–Crippen MR) is 137 cm³/mol. The third-order valence-corrected chi connectivity index (χ3v) is 6.58. The molecule has 1 atom stereocenters. The Morgan fingerprint density at radius 3 is 2.63 bits per heavy atom. The Morgan fingerprint density at radius 2 is 1.97 bits per heavy atom. The molecule has 2 aromatic carbocycles. The highest BCUT2D eigenvalue weighted by molar-refractivity contribution is 6.17. The second-order valence-corrected chi connectivity index (χ2v) is 9.53. The number of fused-ring (bicyclic) bond motifs is 1. The van der Waals surface area contributed by atoms with E-state index in [0.29, 0.717) is 45.9 Å². The summed E-state index contributed by atoms with van der Waals surface area (Å²) in [5.41, 5.74) is 5.06. The van der Waals surface area contributed by atoms with Crippen molar-refractivity contribution in [2.24, 2.45) is 16.8 Å². The van der Waals surface area contributed by atoms with Crippen molar-refractivity contribution in [2.45, 2.75) is 38.7 Å². The van der Waals surface area contributed by atoms with E-state index in [4.69, 9.17) is 16.4 Å². The van der Waals surface area contributed by atoms with Crippen LogP contribution in [0.5, 0.6) is 0 Å². The number of nitrogens with zero attached hydrogens (tertiary/aromatic N) is 4. The molecule has 0 saturated carbocycles. The average Bonchev–Trinajstić information content (AvgIpc) is 2.86. The number of alkyl halides is 1. The SMILES string of the molecule is C=NC(NOCC(C)C)C1CCN(c2ncnc3c(-c4ccc(CCl)c(F)c4)cc(F)cc23)CC1. The fourth-order valence-electron chi connectivity index (χ4n) is 4.42. The average molecular weight is 502 g/mol. The maximum Gasteiger partial charge on any atom is 0.140 e. The summed E-state index contributed by atoms with van der Waals surface area (Å²) in [6, 6.07) is 7.54. The van der Waals surface area contributed by atoms with E-state index in [1.807, 2.05) is 0 Å². The molecule has 2 heterocycles. The summed E-state index contributed by atoms with van der Waals surface area (Å²) in [5, 5.41) is 0.597.